The van der Waals surface area contributed by atoms with E-state index in [0.29, 0.717) is 0 Å². The Morgan fingerprint density at radius 1 is 1.44 bits per heavy atom. The van der Waals surface area contributed by atoms with Crippen LogP contribution in [0.15, 0.2) is 30.5 Å². The van der Waals surface area contributed by atoms with Gasteiger partial charge in [0.25, 0.3) is 0 Å². The standard InChI is InChI=1S/C14H16N2O2/c1-9-4-3-5-11(6-9)12(7-14(17)18)13-8-15-10(2)16-13/h3-6,8,12H,7H2,1-2H3,(H,15,16)(H,17,18). The van der Waals surface area contributed by atoms with Crippen molar-refractivity contribution < 1.29 is 9.90 Å². The fraction of sp³-hybridized carbons (Fsp3) is 0.286. The molecule has 0 amide bonds. The molecule has 0 fully saturated rings. The van der Waals surface area contributed by atoms with Crippen molar-refractivity contribution in [3.05, 3.63) is 53.1 Å². The van der Waals surface area contributed by atoms with Gasteiger partial charge in [-0.3, -0.25) is 4.79 Å². The maximum atomic E-state index is 11.0. The van der Waals surface area contributed by atoms with Crippen LogP contribution in [0.25, 0.3) is 0 Å². The van der Waals surface area contributed by atoms with Crippen LogP contribution in [0.3, 0.4) is 0 Å². The lowest BCUT2D eigenvalue weighted by atomic mass is 9.92. The van der Waals surface area contributed by atoms with Gasteiger partial charge in [-0.1, -0.05) is 29.8 Å². The highest BCUT2D eigenvalue weighted by molar-refractivity contribution is 5.68. The maximum Gasteiger partial charge on any atom is 0.304 e. The molecule has 1 atom stereocenters. The first kappa shape index (κ1) is 12.4. The van der Waals surface area contributed by atoms with Crippen molar-refractivity contribution in [3.8, 4) is 0 Å². The quantitative estimate of drug-likeness (QED) is 0.868. The van der Waals surface area contributed by atoms with E-state index in [1.807, 2.05) is 38.1 Å². The highest BCUT2D eigenvalue weighted by Crippen LogP contribution is 2.27. The molecule has 1 aromatic heterocycles. The molecular weight excluding hydrogens is 228 g/mol. The van der Waals surface area contributed by atoms with E-state index < -0.39 is 5.97 Å². The van der Waals surface area contributed by atoms with Crippen molar-refractivity contribution in [3.63, 3.8) is 0 Å². The first-order valence-electron chi connectivity index (χ1n) is 5.86. The zero-order valence-electron chi connectivity index (χ0n) is 10.5. The lowest BCUT2D eigenvalue weighted by molar-refractivity contribution is -0.137. The molecule has 2 N–H and O–H groups in total. The summed E-state index contributed by atoms with van der Waals surface area (Å²) in [6, 6.07) is 7.92. The first-order chi connectivity index (χ1) is 8.56. The van der Waals surface area contributed by atoms with Crippen LogP contribution in [0, 0.1) is 13.8 Å². The highest BCUT2D eigenvalue weighted by atomic mass is 16.4. The van der Waals surface area contributed by atoms with Gasteiger partial charge in [-0.25, -0.2) is 4.98 Å². The Balaban J connectivity index is 2.39. The van der Waals surface area contributed by atoms with Gasteiger partial charge in [0.15, 0.2) is 0 Å². The summed E-state index contributed by atoms with van der Waals surface area (Å²) in [6.45, 7) is 3.86. The minimum absolute atomic E-state index is 0.0606. The van der Waals surface area contributed by atoms with Crippen molar-refractivity contribution in [1.29, 1.82) is 0 Å². The average Bonchev–Trinajstić information content (AvgIpc) is 2.72. The first-order valence-corrected chi connectivity index (χ1v) is 5.86. The SMILES string of the molecule is Cc1cccc(C(CC(=O)O)c2cnc(C)[nH]2)c1. The molecule has 0 spiro atoms. The lowest BCUT2D eigenvalue weighted by Gasteiger charge is -2.14. The number of hydrogen-bond donors (Lipinski definition) is 2. The highest BCUT2D eigenvalue weighted by Gasteiger charge is 2.19. The van der Waals surface area contributed by atoms with E-state index in [1.165, 1.54) is 0 Å². The fourth-order valence-corrected chi connectivity index (χ4v) is 2.09. The molecule has 2 aromatic rings. The number of aromatic nitrogens is 2. The third kappa shape index (κ3) is 2.77. The Kier molecular flexibility index (Phi) is 3.46. The Labute approximate surface area is 106 Å². The van der Waals surface area contributed by atoms with Gasteiger partial charge in [0.2, 0.25) is 0 Å². The second kappa shape index (κ2) is 5.04. The molecule has 18 heavy (non-hydrogen) atoms. The second-order valence-corrected chi connectivity index (χ2v) is 4.49. The van der Waals surface area contributed by atoms with E-state index in [4.69, 9.17) is 5.11 Å². The van der Waals surface area contributed by atoms with Crippen molar-refractivity contribution >= 4 is 5.97 Å². The van der Waals surface area contributed by atoms with Crippen LogP contribution in [-0.4, -0.2) is 21.0 Å². The van der Waals surface area contributed by atoms with Gasteiger partial charge in [0.05, 0.1) is 6.42 Å². The summed E-state index contributed by atoms with van der Waals surface area (Å²) in [5.41, 5.74) is 2.97. The van der Waals surface area contributed by atoms with E-state index in [2.05, 4.69) is 9.97 Å². The number of hydrogen-bond acceptors (Lipinski definition) is 2. The monoisotopic (exact) mass is 244 g/mol. The van der Waals surface area contributed by atoms with Gasteiger partial charge < -0.3 is 10.1 Å². The van der Waals surface area contributed by atoms with Gasteiger partial charge in [-0.05, 0) is 19.4 Å². The smallest absolute Gasteiger partial charge is 0.304 e. The van der Waals surface area contributed by atoms with Crippen LogP contribution in [0.2, 0.25) is 0 Å². The number of aliphatic carboxylic acids is 1. The van der Waals surface area contributed by atoms with Crippen LogP contribution in [0.1, 0.15) is 35.0 Å². The average molecular weight is 244 g/mol. The summed E-state index contributed by atoms with van der Waals surface area (Å²) in [5, 5.41) is 9.05. The Bertz CT molecular complexity index is 560. The molecule has 4 nitrogen and oxygen atoms in total. The molecule has 0 aliphatic rings. The van der Waals surface area contributed by atoms with Crippen LogP contribution in [0.5, 0.6) is 0 Å². The van der Waals surface area contributed by atoms with E-state index in [0.717, 1.165) is 22.6 Å². The van der Waals surface area contributed by atoms with E-state index in [-0.39, 0.29) is 12.3 Å². The second-order valence-electron chi connectivity index (χ2n) is 4.49. The molecule has 2 rings (SSSR count). The summed E-state index contributed by atoms with van der Waals surface area (Å²) >= 11 is 0. The summed E-state index contributed by atoms with van der Waals surface area (Å²) in [4.78, 5) is 18.3. The number of carbonyl (C=O) groups is 1. The molecule has 0 saturated carbocycles. The predicted molar refractivity (Wildman–Crippen MR) is 68.6 cm³/mol. The van der Waals surface area contributed by atoms with Gasteiger partial charge in [0, 0.05) is 17.8 Å². The number of imidazole rings is 1. The van der Waals surface area contributed by atoms with E-state index >= 15 is 0 Å². The molecule has 0 aliphatic heterocycles. The summed E-state index contributed by atoms with van der Waals surface area (Å²) in [5.74, 6) is -0.189. The zero-order chi connectivity index (χ0) is 13.1. The van der Waals surface area contributed by atoms with Gasteiger partial charge in [-0.15, -0.1) is 0 Å². The van der Waals surface area contributed by atoms with Crippen molar-refractivity contribution in [1.82, 2.24) is 9.97 Å². The summed E-state index contributed by atoms with van der Waals surface area (Å²) in [6.07, 6.45) is 1.77. The number of nitrogens with zero attached hydrogens (tertiary/aromatic N) is 1. The molecular formula is C14H16N2O2. The van der Waals surface area contributed by atoms with Gasteiger partial charge in [-0.2, -0.15) is 0 Å². The predicted octanol–water partition coefficient (Wildman–Crippen LogP) is 2.63. The van der Waals surface area contributed by atoms with Crippen LogP contribution in [-0.2, 0) is 4.79 Å². The number of aryl methyl sites for hydroxylation is 2. The minimum Gasteiger partial charge on any atom is -0.481 e. The number of rotatable bonds is 4. The van der Waals surface area contributed by atoms with E-state index in [9.17, 15) is 4.79 Å². The largest absolute Gasteiger partial charge is 0.481 e. The summed E-state index contributed by atoms with van der Waals surface area (Å²) < 4.78 is 0. The zero-order valence-corrected chi connectivity index (χ0v) is 10.5. The summed E-state index contributed by atoms with van der Waals surface area (Å²) in [7, 11) is 0. The maximum absolute atomic E-state index is 11.0. The Morgan fingerprint density at radius 2 is 2.22 bits per heavy atom. The van der Waals surface area contributed by atoms with Crippen molar-refractivity contribution in [2.45, 2.75) is 26.2 Å². The molecule has 0 aliphatic carbocycles. The molecule has 1 unspecified atom stereocenters. The molecule has 0 radical (unpaired) electrons. The number of aromatic amines is 1. The topological polar surface area (TPSA) is 66.0 Å². The molecule has 0 bridgehead atoms. The van der Waals surface area contributed by atoms with Crippen molar-refractivity contribution in [2.24, 2.45) is 0 Å². The third-order valence-electron chi connectivity index (χ3n) is 2.92. The van der Waals surface area contributed by atoms with E-state index in [1.54, 1.807) is 6.20 Å². The van der Waals surface area contributed by atoms with Gasteiger partial charge >= 0.3 is 5.97 Å². The fourth-order valence-electron chi connectivity index (χ4n) is 2.09. The molecule has 1 heterocycles. The number of H-pyrrole nitrogens is 1. The molecule has 4 heteroatoms. The Morgan fingerprint density at radius 3 is 2.78 bits per heavy atom. The normalized spacial score (nSPS) is 12.3. The number of benzene rings is 1. The minimum atomic E-state index is -0.811. The van der Waals surface area contributed by atoms with Crippen LogP contribution in [0.4, 0.5) is 0 Å². The number of nitrogens with one attached hydrogen (secondary N) is 1. The molecule has 0 saturated heterocycles. The third-order valence-corrected chi connectivity index (χ3v) is 2.92. The van der Waals surface area contributed by atoms with Crippen LogP contribution >= 0.6 is 0 Å². The Hall–Kier alpha value is -2.10. The lowest BCUT2D eigenvalue weighted by Crippen LogP contribution is -2.08. The van der Waals surface area contributed by atoms with Crippen LogP contribution < -0.4 is 0 Å². The number of carboxylic acid groups (broad SMARTS) is 1. The molecule has 94 valence electrons. The number of carboxylic acids is 1. The van der Waals surface area contributed by atoms with Crippen molar-refractivity contribution in [2.75, 3.05) is 0 Å². The van der Waals surface area contributed by atoms with Gasteiger partial charge in [0.1, 0.15) is 5.82 Å². The molecule has 1 aromatic carbocycles.